The van der Waals surface area contributed by atoms with Crippen molar-refractivity contribution in [3.63, 3.8) is 0 Å². The predicted molar refractivity (Wildman–Crippen MR) is 94.1 cm³/mol. The Kier molecular flexibility index (Phi) is 20.2. The minimum Gasteiger partial charge on any atom is -1.00 e. The molecule has 0 radical (unpaired) electrons. The van der Waals surface area contributed by atoms with Crippen molar-refractivity contribution >= 4 is 41.7 Å². The number of hydrogen-bond acceptors (Lipinski definition) is 2. The molecule has 0 aliphatic heterocycles. The number of hydrogen-bond donors (Lipinski definition) is 2. The van der Waals surface area contributed by atoms with Crippen LogP contribution in [0.1, 0.15) is 93.2 Å². The summed E-state index contributed by atoms with van der Waals surface area (Å²) in [7, 11) is 0. The molecule has 4 heteroatoms. The number of carbonyl (C=O) groups is 1. The smallest absolute Gasteiger partial charge is 1.00 e. The van der Waals surface area contributed by atoms with Gasteiger partial charge in [0.05, 0.1) is 5.25 Å². The third kappa shape index (κ3) is 16.6. The Bertz CT molecular complexity index is 222. The van der Waals surface area contributed by atoms with Gasteiger partial charge >= 0.3 is 29.0 Å². The molecule has 0 spiro atoms. The molecule has 0 rings (SSSR count). The van der Waals surface area contributed by atoms with Crippen molar-refractivity contribution in [3.05, 3.63) is 0 Å². The third-order valence-corrected chi connectivity index (χ3v) is 4.10. The largest absolute Gasteiger partial charge is 2.00 e. The molecule has 0 amide bonds. The van der Waals surface area contributed by atoms with Crippen molar-refractivity contribution in [1.29, 1.82) is 0 Å². The zero-order chi connectivity index (χ0) is 14.3. The predicted octanol–water partition coefficient (Wildman–Crippen LogP) is 5.30. The van der Waals surface area contributed by atoms with Gasteiger partial charge in [-0.2, -0.15) is 12.6 Å². The molecule has 0 fully saturated rings. The van der Waals surface area contributed by atoms with Crippen LogP contribution >= 0.6 is 12.6 Å². The van der Waals surface area contributed by atoms with Crippen LogP contribution in [-0.2, 0) is 4.79 Å². The summed E-state index contributed by atoms with van der Waals surface area (Å²) in [6, 6.07) is 0. The van der Waals surface area contributed by atoms with Crippen LogP contribution in [0.15, 0.2) is 0 Å². The van der Waals surface area contributed by atoms with Crippen LogP contribution in [0.4, 0.5) is 0 Å². The van der Waals surface area contributed by atoms with Crippen molar-refractivity contribution < 1.29 is 12.8 Å². The molecular weight excluding hydrogens is 281 g/mol. The molecule has 20 heavy (non-hydrogen) atoms. The monoisotopic (exact) mass is 314 g/mol. The van der Waals surface area contributed by atoms with Crippen LogP contribution in [0.3, 0.4) is 0 Å². The number of carboxylic acids is 1. The molecule has 0 aliphatic carbocycles. The Morgan fingerprint density at radius 3 is 1.60 bits per heavy atom. The number of aliphatic carboxylic acids is 1. The van der Waals surface area contributed by atoms with Crippen molar-refractivity contribution in [2.45, 2.75) is 95.6 Å². The maximum absolute atomic E-state index is 10.6. The molecule has 0 aliphatic rings. The molecule has 118 valence electrons. The summed E-state index contributed by atoms with van der Waals surface area (Å²) in [6.45, 7) is 2.26. The second kappa shape index (κ2) is 17.6. The van der Waals surface area contributed by atoms with Gasteiger partial charge in [-0.1, -0.05) is 84.0 Å². The maximum atomic E-state index is 10.6. The van der Waals surface area contributed by atoms with Crippen LogP contribution in [0.25, 0.3) is 0 Å². The quantitative estimate of drug-likeness (QED) is 0.259. The van der Waals surface area contributed by atoms with Gasteiger partial charge in [0, 0.05) is 0 Å². The SMILES string of the molecule is CCCCCCCCCCCCCCC(S)C(=O)O.[H-].[H-].[Mg+2]. The van der Waals surface area contributed by atoms with Crippen LogP contribution in [-0.4, -0.2) is 39.4 Å². The minimum atomic E-state index is -0.786. The standard InChI is InChI=1S/C16H32O2S.Mg.2H/c1-2-3-4-5-6-7-8-9-10-11-12-13-14-15(19)16(17)18;;;/h15,19H,2-14H2,1H3,(H,17,18);;;/q;+2;2*-1. The van der Waals surface area contributed by atoms with Crippen molar-refractivity contribution in [2.75, 3.05) is 0 Å². The first-order chi connectivity index (χ1) is 9.18. The molecule has 2 nitrogen and oxygen atoms in total. The Morgan fingerprint density at radius 1 is 0.900 bits per heavy atom. The fourth-order valence-corrected chi connectivity index (χ4v) is 2.48. The van der Waals surface area contributed by atoms with E-state index in [1.165, 1.54) is 64.2 Å². The van der Waals surface area contributed by atoms with E-state index in [1.807, 2.05) is 0 Å². The molecule has 0 aromatic rings. The fraction of sp³-hybridized carbons (Fsp3) is 0.938. The molecule has 1 atom stereocenters. The average Bonchev–Trinajstić information content (AvgIpc) is 2.39. The topological polar surface area (TPSA) is 37.3 Å². The van der Waals surface area contributed by atoms with Crippen LogP contribution in [0, 0.1) is 0 Å². The van der Waals surface area contributed by atoms with Gasteiger partial charge in [0.25, 0.3) is 0 Å². The number of thiol groups is 1. The Hall–Kier alpha value is 0.586. The second-order valence-corrected chi connectivity index (χ2v) is 6.16. The molecule has 1 N–H and O–H groups in total. The zero-order valence-electron chi connectivity index (χ0n) is 15.3. The van der Waals surface area contributed by atoms with Gasteiger partial charge in [-0.05, 0) is 6.42 Å². The van der Waals surface area contributed by atoms with E-state index in [4.69, 9.17) is 5.11 Å². The summed E-state index contributed by atoms with van der Waals surface area (Å²) >= 11 is 4.03. The molecule has 0 saturated carbocycles. The summed E-state index contributed by atoms with van der Waals surface area (Å²) in [6.07, 6.45) is 16.5. The van der Waals surface area contributed by atoms with Crippen molar-refractivity contribution in [1.82, 2.24) is 0 Å². The van der Waals surface area contributed by atoms with Gasteiger partial charge in [-0.25, -0.2) is 0 Å². The zero-order valence-corrected chi connectivity index (χ0v) is 15.6. The van der Waals surface area contributed by atoms with Crippen molar-refractivity contribution in [2.24, 2.45) is 0 Å². The third-order valence-electron chi connectivity index (χ3n) is 3.62. The van der Waals surface area contributed by atoms with Crippen LogP contribution < -0.4 is 0 Å². The minimum absolute atomic E-state index is 0. The van der Waals surface area contributed by atoms with E-state index in [0.29, 0.717) is 6.42 Å². The van der Waals surface area contributed by atoms with Gasteiger partial charge in [-0.15, -0.1) is 0 Å². The van der Waals surface area contributed by atoms with Crippen molar-refractivity contribution in [3.8, 4) is 0 Å². The average molecular weight is 315 g/mol. The summed E-state index contributed by atoms with van der Waals surface area (Å²) in [4.78, 5) is 10.6. The van der Waals surface area contributed by atoms with E-state index >= 15 is 0 Å². The molecule has 0 bridgehead atoms. The second-order valence-electron chi connectivity index (χ2n) is 5.53. The van der Waals surface area contributed by atoms with Gasteiger partial charge in [0.15, 0.2) is 0 Å². The molecular formula is C16H34MgO2S. The van der Waals surface area contributed by atoms with E-state index in [2.05, 4.69) is 19.6 Å². The molecule has 0 saturated heterocycles. The first-order valence-corrected chi connectivity index (χ1v) is 8.61. The number of rotatable bonds is 14. The fourth-order valence-electron chi connectivity index (χ4n) is 2.30. The first kappa shape index (κ1) is 22.9. The van der Waals surface area contributed by atoms with Crippen LogP contribution in [0.5, 0.6) is 0 Å². The Balaban J connectivity index is -0.000000540. The summed E-state index contributed by atoms with van der Waals surface area (Å²) in [5.41, 5.74) is 0. The number of carboxylic acid groups (broad SMARTS) is 1. The van der Waals surface area contributed by atoms with E-state index in [1.54, 1.807) is 0 Å². The van der Waals surface area contributed by atoms with Gasteiger partial charge in [-0.3, -0.25) is 4.79 Å². The number of unbranched alkanes of at least 4 members (excludes halogenated alkanes) is 11. The van der Waals surface area contributed by atoms with E-state index in [9.17, 15) is 4.79 Å². The van der Waals surface area contributed by atoms with E-state index in [-0.39, 0.29) is 25.9 Å². The Morgan fingerprint density at radius 2 is 1.25 bits per heavy atom. The molecule has 0 heterocycles. The van der Waals surface area contributed by atoms with E-state index in [0.717, 1.165) is 12.8 Å². The molecule has 1 unspecified atom stereocenters. The van der Waals surface area contributed by atoms with E-state index < -0.39 is 11.2 Å². The van der Waals surface area contributed by atoms with Gasteiger partial charge in [0.2, 0.25) is 0 Å². The molecule has 0 aromatic heterocycles. The maximum Gasteiger partial charge on any atom is 2.00 e. The summed E-state index contributed by atoms with van der Waals surface area (Å²) in [5, 5.41) is 8.21. The first-order valence-electron chi connectivity index (χ1n) is 8.09. The molecule has 0 aromatic carbocycles. The summed E-state index contributed by atoms with van der Waals surface area (Å²) < 4.78 is 0. The Labute approximate surface area is 150 Å². The van der Waals surface area contributed by atoms with Gasteiger partial charge in [0.1, 0.15) is 0 Å². The van der Waals surface area contributed by atoms with Gasteiger partial charge < -0.3 is 7.96 Å². The normalized spacial score (nSPS) is 11.9. The summed E-state index contributed by atoms with van der Waals surface area (Å²) in [5.74, 6) is -0.786. The van der Waals surface area contributed by atoms with Crippen LogP contribution in [0.2, 0.25) is 0 Å².